The summed E-state index contributed by atoms with van der Waals surface area (Å²) >= 11 is 0. The van der Waals surface area contributed by atoms with Crippen molar-refractivity contribution in [2.75, 3.05) is 61.2 Å². The molecular formula is C26H54NO7P. The van der Waals surface area contributed by atoms with Crippen LogP contribution in [-0.4, -0.2) is 77.6 Å². The molecule has 0 aliphatic rings. The van der Waals surface area contributed by atoms with Gasteiger partial charge < -0.3 is 27.9 Å². The van der Waals surface area contributed by atoms with Crippen molar-refractivity contribution in [3.05, 3.63) is 0 Å². The number of phosphoric ester groups is 1. The first-order valence-corrected chi connectivity index (χ1v) is 15.1. The zero-order valence-electron chi connectivity index (χ0n) is 23.3. The molecule has 0 aromatic heterocycles. The topological polar surface area (TPSA) is 94.1 Å². The summed E-state index contributed by atoms with van der Waals surface area (Å²) in [5.74, 6) is 0.0574. The maximum absolute atomic E-state index is 12.0. The summed E-state index contributed by atoms with van der Waals surface area (Å²) in [6.07, 6.45) is 16.5. The maximum Gasteiger partial charge on any atom is 0.268 e. The fraction of sp³-hybridized carbons (Fsp3) is 0.962. The average Bonchev–Trinajstić information content (AvgIpc) is 2.78. The summed E-state index contributed by atoms with van der Waals surface area (Å²) in [6.45, 7) is 2.71. The van der Waals surface area contributed by atoms with Gasteiger partial charge in [0.25, 0.3) is 7.82 Å². The highest BCUT2D eigenvalue weighted by Gasteiger charge is 2.17. The van der Waals surface area contributed by atoms with Crippen LogP contribution in [0.2, 0.25) is 0 Å². The Morgan fingerprint density at radius 1 is 0.829 bits per heavy atom. The number of ether oxygens (including phenoxy) is 2. The van der Waals surface area contributed by atoms with E-state index in [1.54, 1.807) is 0 Å². The lowest BCUT2D eigenvalue weighted by atomic mass is 10.0. The second-order valence-electron chi connectivity index (χ2n) is 10.5. The van der Waals surface area contributed by atoms with E-state index in [0.717, 1.165) is 12.8 Å². The largest absolute Gasteiger partial charge is 0.756 e. The van der Waals surface area contributed by atoms with E-state index in [1.165, 1.54) is 77.7 Å². The van der Waals surface area contributed by atoms with Crippen LogP contribution in [0.25, 0.3) is 0 Å². The third-order valence-electron chi connectivity index (χ3n) is 5.89. The van der Waals surface area contributed by atoms with E-state index in [0.29, 0.717) is 17.4 Å². The minimum atomic E-state index is -4.40. The quantitative estimate of drug-likeness (QED) is 0.0865. The Kier molecular flexibility index (Phi) is 21.5. The first-order valence-electron chi connectivity index (χ1n) is 13.6. The van der Waals surface area contributed by atoms with E-state index in [-0.39, 0.29) is 32.2 Å². The van der Waals surface area contributed by atoms with Crippen molar-refractivity contribution >= 4 is 13.6 Å². The first kappa shape index (κ1) is 34.7. The van der Waals surface area contributed by atoms with E-state index in [4.69, 9.17) is 18.5 Å². The Hall–Kier alpha value is -0.340. The predicted octanol–water partition coefficient (Wildman–Crippen LogP) is 5.28. The number of nitrogens with zero attached hydrogens (tertiary/aromatic N) is 1. The van der Waals surface area contributed by atoms with E-state index < -0.39 is 13.9 Å². The van der Waals surface area contributed by atoms with Gasteiger partial charge in [0.15, 0.2) is 5.78 Å². The fourth-order valence-corrected chi connectivity index (χ4v) is 4.27. The minimum absolute atomic E-state index is 0.00710. The molecule has 2 unspecified atom stereocenters. The molecule has 0 saturated carbocycles. The highest BCUT2D eigenvalue weighted by atomic mass is 31.2. The standard InChI is InChI=1S/C26H54NO7P/c1-6-7-8-9-10-11-12-13-14-15-16-17-18-19-25(28)22-32-23-26(31-5)24-34-35(29,30)33-21-20-27(2,3)4/h26H,6-24H2,1-5H3. The molecule has 35 heavy (non-hydrogen) atoms. The molecule has 0 amide bonds. The van der Waals surface area contributed by atoms with Crippen molar-refractivity contribution < 1.29 is 37.3 Å². The Morgan fingerprint density at radius 2 is 1.34 bits per heavy atom. The highest BCUT2D eigenvalue weighted by molar-refractivity contribution is 7.45. The lowest BCUT2D eigenvalue weighted by Gasteiger charge is -2.28. The van der Waals surface area contributed by atoms with Gasteiger partial charge in [-0.15, -0.1) is 0 Å². The fourth-order valence-electron chi connectivity index (χ4n) is 3.54. The van der Waals surface area contributed by atoms with Gasteiger partial charge in [-0.3, -0.25) is 9.36 Å². The number of unbranched alkanes of at least 4 members (excludes halogenated alkanes) is 12. The van der Waals surface area contributed by atoms with Crippen LogP contribution < -0.4 is 4.89 Å². The number of carbonyl (C=O) groups excluding carboxylic acids is 1. The highest BCUT2D eigenvalue weighted by Crippen LogP contribution is 2.38. The molecule has 0 saturated heterocycles. The number of hydrogen-bond acceptors (Lipinski definition) is 7. The third-order valence-corrected chi connectivity index (χ3v) is 6.85. The van der Waals surface area contributed by atoms with Crippen LogP contribution in [0.15, 0.2) is 0 Å². The van der Waals surface area contributed by atoms with Gasteiger partial charge in [-0.2, -0.15) is 0 Å². The van der Waals surface area contributed by atoms with Crippen LogP contribution in [-0.2, 0) is 27.9 Å². The molecule has 0 N–H and O–H groups in total. The second-order valence-corrected chi connectivity index (χ2v) is 11.9. The SMILES string of the molecule is CCCCCCCCCCCCCCCC(=O)COCC(COP(=O)([O-])OCC[N+](C)(C)C)OC. The van der Waals surface area contributed by atoms with Gasteiger partial charge in [0.05, 0.1) is 34.4 Å². The lowest BCUT2D eigenvalue weighted by Crippen LogP contribution is -2.37. The molecular weight excluding hydrogens is 469 g/mol. The molecule has 0 spiro atoms. The van der Waals surface area contributed by atoms with E-state index >= 15 is 0 Å². The molecule has 210 valence electrons. The van der Waals surface area contributed by atoms with Crippen molar-refractivity contribution in [3.63, 3.8) is 0 Å². The number of Topliss-reactive ketones (excluding diaryl/α,β-unsaturated/α-hetero) is 1. The van der Waals surface area contributed by atoms with Gasteiger partial charge in [0.2, 0.25) is 0 Å². The number of carbonyl (C=O) groups is 1. The molecule has 0 bridgehead atoms. The monoisotopic (exact) mass is 523 g/mol. The van der Waals surface area contributed by atoms with Crippen molar-refractivity contribution in [2.24, 2.45) is 0 Å². The van der Waals surface area contributed by atoms with Crippen LogP contribution >= 0.6 is 7.82 Å². The summed E-state index contributed by atoms with van der Waals surface area (Å²) in [5.41, 5.74) is 0. The molecule has 0 aliphatic carbocycles. The Bertz CT molecular complexity index is 554. The summed E-state index contributed by atoms with van der Waals surface area (Å²) in [5, 5.41) is 0. The summed E-state index contributed by atoms with van der Waals surface area (Å²) < 4.78 is 32.8. The summed E-state index contributed by atoms with van der Waals surface area (Å²) in [6, 6.07) is 0. The molecule has 0 aliphatic heterocycles. The van der Waals surface area contributed by atoms with Gasteiger partial charge in [-0.25, -0.2) is 0 Å². The molecule has 2 atom stereocenters. The van der Waals surface area contributed by atoms with Crippen LogP contribution in [0.3, 0.4) is 0 Å². The number of methoxy groups -OCH3 is 1. The number of ketones is 1. The van der Waals surface area contributed by atoms with E-state index in [9.17, 15) is 14.3 Å². The van der Waals surface area contributed by atoms with Gasteiger partial charge in [0.1, 0.15) is 25.9 Å². The van der Waals surface area contributed by atoms with E-state index in [2.05, 4.69) is 6.92 Å². The zero-order chi connectivity index (χ0) is 26.4. The normalized spacial score (nSPS) is 14.7. The van der Waals surface area contributed by atoms with Crippen molar-refractivity contribution in [1.29, 1.82) is 0 Å². The van der Waals surface area contributed by atoms with Crippen molar-refractivity contribution in [3.8, 4) is 0 Å². The Balaban J connectivity index is 3.67. The molecule has 0 aromatic rings. The predicted molar refractivity (Wildman–Crippen MR) is 139 cm³/mol. The maximum atomic E-state index is 12.0. The smallest absolute Gasteiger partial charge is 0.268 e. The molecule has 8 nitrogen and oxygen atoms in total. The lowest BCUT2D eigenvalue weighted by molar-refractivity contribution is -0.870. The van der Waals surface area contributed by atoms with Gasteiger partial charge in [-0.05, 0) is 6.42 Å². The Labute approximate surface area is 215 Å². The number of likely N-dealkylation sites (N-methyl/N-ethyl adjacent to an activating group) is 1. The Morgan fingerprint density at radius 3 is 1.83 bits per heavy atom. The van der Waals surface area contributed by atoms with Crippen LogP contribution in [0.1, 0.15) is 96.8 Å². The molecule has 0 fully saturated rings. The zero-order valence-corrected chi connectivity index (χ0v) is 24.2. The molecule has 0 aromatic carbocycles. The number of quaternary nitrogens is 1. The summed E-state index contributed by atoms with van der Waals surface area (Å²) in [7, 11) is 2.88. The van der Waals surface area contributed by atoms with Gasteiger partial charge in [-0.1, -0.05) is 84.0 Å². The number of hydrogen-bond donors (Lipinski definition) is 0. The molecule has 0 radical (unpaired) electrons. The van der Waals surface area contributed by atoms with Crippen molar-refractivity contribution in [2.45, 2.75) is 103 Å². The third kappa shape index (κ3) is 25.1. The second kappa shape index (κ2) is 21.7. The van der Waals surface area contributed by atoms with Gasteiger partial charge >= 0.3 is 0 Å². The average molecular weight is 524 g/mol. The summed E-state index contributed by atoms with van der Waals surface area (Å²) in [4.78, 5) is 23.9. The number of rotatable bonds is 26. The van der Waals surface area contributed by atoms with Crippen LogP contribution in [0, 0.1) is 0 Å². The molecule has 0 heterocycles. The first-order chi connectivity index (χ1) is 16.6. The molecule has 0 rings (SSSR count). The van der Waals surface area contributed by atoms with Crippen molar-refractivity contribution in [1.82, 2.24) is 0 Å². The van der Waals surface area contributed by atoms with E-state index in [1.807, 2.05) is 21.1 Å². The van der Waals surface area contributed by atoms with Crippen LogP contribution in [0.5, 0.6) is 0 Å². The molecule has 9 heteroatoms. The minimum Gasteiger partial charge on any atom is -0.756 e. The van der Waals surface area contributed by atoms with Gasteiger partial charge in [0, 0.05) is 13.5 Å². The van der Waals surface area contributed by atoms with Crippen LogP contribution in [0.4, 0.5) is 0 Å². The number of phosphoric acid groups is 1.